The monoisotopic (exact) mass is 363 g/mol. The molecule has 0 fully saturated rings. The van der Waals surface area contributed by atoms with E-state index in [-0.39, 0.29) is 17.8 Å². The highest BCUT2D eigenvalue weighted by Gasteiger charge is 2.32. The summed E-state index contributed by atoms with van der Waals surface area (Å²) in [7, 11) is 0. The van der Waals surface area contributed by atoms with Gasteiger partial charge in [-0.15, -0.1) is 16.7 Å². The average molecular weight is 364 g/mol. The van der Waals surface area contributed by atoms with Gasteiger partial charge in [-0.05, 0) is 32.3 Å². The van der Waals surface area contributed by atoms with E-state index >= 15 is 0 Å². The van der Waals surface area contributed by atoms with Crippen molar-refractivity contribution in [1.29, 1.82) is 0 Å². The second-order valence-electron chi connectivity index (χ2n) is 6.70. The maximum absolute atomic E-state index is 12.9. The third kappa shape index (κ3) is 4.60. The number of hydrogen-bond acceptors (Lipinski definition) is 4. The molecule has 0 bridgehead atoms. The summed E-state index contributed by atoms with van der Waals surface area (Å²) in [6.07, 6.45) is 2.89. The summed E-state index contributed by atoms with van der Waals surface area (Å²) >= 11 is 5.97. The molecule has 0 saturated heterocycles. The Hall–Kier alpha value is -1.88. The summed E-state index contributed by atoms with van der Waals surface area (Å²) < 4.78 is 6.93. The van der Waals surface area contributed by atoms with Gasteiger partial charge in [0.25, 0.3) is 5.91 Å². The molecule has 136 valence electrons. The molecule has 0 aliphatic rings. The van der Waals surface area contributed by atoms with Gasteiger partial charge in [0, 0.05) is 11.4 Å². The topological polar surface area (TPSA) is 57.0 Å². The Labute approximate surface area is 154 Å². The summed E-state index contributed by atoms with van der Waals surface area (Å²) in [4.78, 5) is 17.3. The third-order valence-electron chi connectivity index (χ3n) is 4.04. The molecule has 0 amide bonds. The van der Waals surface area contributed by atoms with E-state index in [2.05, 4.69) is 23.9 Å². The van der Waals surface area contributed by atoms with Gasteiger partial charge in [-0.3, -0.25) is 4.79 Å². The van der Waals surface area contributed by atoms with Crippen LogP contribution >= 0.6 is 11.6 Å². The second kappa shape index (κ2) is 8.48. The van der Waals surface area contributed by atoms with Crippen molar-refractivity contribution in [2.45, 2.75) is 47.0 Å². The Kier molecular flexibility index (Phi) is 6.59. The molecule has 1 aromatic carbocycles. The van der Waals surface area contributed by atoms with Crippen LogP contribution in [-0.2, 0) is 6.42 Å². The minimum atomic E-state index is -0.742. The van der Waals surface area contributed by atoms with Crippen molar-refractivity contribution in [3.8, 4) is 17.4 Å². The Morgan fingerprint density at radius 1 is 1.24 bits per heavy atom. The van der Waals surface area contributed by atoms with Gasteiger partial charge in [-0.1, -0.05) is 44.5 Å². The van der Waals surface area contributed by atoms with Gasteiger partial charge in [0.15, 0.2) is 5.82 Å². The van der Waals surface area contributed by atoms with Crippen LogP contribution in [0.1, 0.15) is 50.9 Å². The predicted octanol–water partition coefficient (Wildman–Crippen LogP) is 4.59. The standard InChI is InChI=1S/C19H26ClN3O2/c1-5-7-12-25-18-21-16(15-10-8-14(6-2)9-11-15)23(22-18)17(24)19(3,4)13-20/h8-11H,5-7,12-13H2,1-4H3. The van der Waals surface area contributed by atoms with Crippen LogP contribution in [-0.4, -0.2) is 33.2 Å². The molecular weight excluding hydrogens is 338 g/mol. The molecule has 0 spiro atoms. The maximum Gasteiger partial charge on any atom is 0.336 e. The Morgan fingerprint density at radius 2 is 1.92 bits per heavy atom. The minimum Gasteiger partial charge on any atom is -0.462 e. The summed E-state index contributed by atoms with van der Waals surface area (Å²) in [5, 5.41) is 4.29. The normalized spacial score (nSPS) is 11.6. The number of aromatic nitrogens is 3. The number of alkyl halides is 1. The molecule has 1 heterocycles. The SMILES string of the molecule is CCCCOc1nc(-c2ccc(CC)cc2)n(C(=O)C(C)(C)CCl)n1. The summed E-state index contributed by atoms with van der Waals surface area (Å²) in [5.41, 5.74) is 1.31. The first-order valence-corrected chi connectivity index (χ1v) is 9.26. The largest absolute Gasteiger partial charge is 0.462 e. The van der Waals surface area contributed by atoms with Crippen LogP contribution in [0.3, 0.4) is 0 Å². The molecule has 2 rings (SSSR count). The Balaban J connectivity index is 2.42. The van der Waals surface area contributed by atoms with Gasteiger partial charge >= 0.3 is 6.01 Å². The van der Waals surface area contributed by atoms with Crippen LogP contribution in [0.2, 0.25) is 0 Å². The summed E-state index contributed by atoms with van der Waals surface area (Å²) in [5.74, 6) is 0.485. The van der Waals surface area contributed by atoms with E-state index in [0.717, 1.165) is 24.8 Å². The molecule has 0 saturated carbocycles. The van der Waals surface area contributed by atoms with Crippen LogP contribution in [0.15, 0.2) is 24.3 Å². The van der Waals surface area contributed by atoms with Gasteiger partial charge in [0.1, 0.15) is 0 Å². The van der Waals surface area contributed by atoms with Crippen LogP contribution < -0.4 is 4.74 Å². The molecule has 2 aromatic rings. The van der Waals surface area contributed by atoms with E-state index in [9.17, 15) is 4.79 Å². The average Bonchev–Trinajstić information content (AvgIpc) is 3.05. The molecule has 5 nitrogen and oxygen atoms in total. The Bertz CT molecular complexity index is 708. The lowest BCUT2D eigenvalue weighted by atomic mass is 9.95. The zero-order chi connectivity index (χ0) is 18.4. The number of halogens is 1. The van der Waals surface area contributed by atoms with Crippen LogP contribution in [0, 0.1) is 5.41 Å². The lowest BCUT2D eigenvalue weighted by molar-refractivity contribution is 0.0752. The number of ether oxygens (including phenoxy) is 1. The minimum absolute atomic E-state index is 0.199. The number of rotatable bonds is 8. The zero-order valence-corrected chi connectivity index (χ0v) is 16.1. The van der Waals surface area contributed by atoms with Crippen LogP contribution in [0.25, 0.3) is 11.4 Å². The van der Waals surface area contributed by atoms with Crippen LogP contribution in [0.5, 0.6) is 6.01 Å². The number of nitrogens with zero attached hydrogens (tertiary/aromatic N) is 3. The third-order valence-corrected chi connectivity index (χ3v) is 4.71. The lowest BCUT2D eigenvalue weighted by Gasteiger charge is -2.19. The molecule has 0 atom stereocenters. The first kappa shape index (κ1) is 19.4. The van der Waals surface area contributed by atoms with Gasteiger partial charge in [-0.25, -0.2) is 0 Å². The van der Waals surface area contributed by atoms with Crippen LogP contribution in [0.4, 0.5) is 0 Å². The molecule has 0 unspecified atom stereocenters. The quantitative estimate of drug-likeness (QED) is 0.508. The van der Waals surface area contributed by atoms with E-state index in [1.807, 2.05) is 24.3 Å². The molecular formula is C19H26ClN3O2. The van der Waals surface area contributed by atoms with E-state index in [1.165, 1.54) is 10.2 Å². The highest BCUT2D eigenvalue weighted by molar-refractivity contribution is 6.20. The Morgan fingerprint density at radius 3 is 2.48 bits per heavy atom. The van der Waals surface area contributed by atoms with Crippen molar-refractivity contribution in [2.24, 2.45) is 5.41 Å². The van der Waals surface area contributed by atoms with Gasteiger partial charge in [0.05, 0.1) is 12.0 Å². The highest BCUT2D eigenvalue weighted by atomic mass is 35.5. The van der Waals surface area contributed by atoms with Crippen molar-refractivity contribution in [3.63, 3.8) is 0 Å². The number of aryl methyl sites for hydroxylation is 1. The van der Waals surface area contributed by atoms with Gasteiger partial charge in [-0.2, -0.15) is 9.67 Å². The fourth-order valence-electron chi connectivity index (χ4n) is 2.22. The number of carbonyl (C=O) groups is 1. The molecule has 0 aliphatic heterocycles. The number of benzene rings is 1. The second-order valence-corrected chi connectivity index (χ2v) is 6.97. The molecule has 0 radical (unpaired) electrons. The summed E-state index contributed by atoms with van der Waals surface area (Å²) in [6.45, 7) is 8.31. The molecule has 0 N–H and O–H groups in total. The molecule has 25 heavy (non-hydrogen) atoms. The van der Waals surface area contributed by atoms with Crippen molar-refractivity contribution < 1.29 is 9.53 Å². The van der Waals surface area contributed by atoms with Gasteiger partial charge < -0.3 is 4.74 Å². The lowest BCUT2D eigenvalue weighted by Crippen LogP contribution is -2.32. The fourth-order valence-corrected chi connectivity index (χ4v) is 2.34. The zero-order valence-electron chi connectivity index (χ0n) is 15.4. The smallest absolute Gasteiger partial charge is 0.336 e. The predicted molar refractivity (Wildman–Crippen MR) is 100 cm³/mol. The van der Waals surface area contributed by atoms with E-state index in [1.54, 1.807) is 13.8 Å². The van der Waals surface area contributed by atoms with Crippen molar-refractivity contribution in [1.82, 2.24) is 14.8 Å². The molecule has 6 heteroatoms. The first-order valence-electron chi connectivity index (χ1n) is 8.72. The first-order chi connectivity index (χ1) is 11.9. The molecule has 1 aromatic heterocycles. The van der Waals surface area contributed by atoms with E-state index < -0.39 is 5.41 Å². The summed E-state index contributed by atoms with van der Waals surface area (Å²) in [6, 6.07) is 8.19. The van der Waals surface area contributed by atoms with Crippen molar-refractivity contribution >= 4 is 17.5 Å². The maximum atomic E-state index is 12.9. The number of unbranched alkanes of at least 4 members (excludes halogenated alkanes) is 1. The fraction of sp³-hybridized carbons (Fsp3) is 0.526. The number of hydrogen-bond donors (Lipinski definition) is 0. The van der Waals surface area contributed by atoms with E-state index in [0.29, 0.717) is 12.4 Å². The highest BCUT2D eigenvalue weighted by Crippen LogP contribution is 2.26. The number of carbonyl (C=O) groups excluding carboxylic acids is 1. The molecule has 0 aliphatic carbocycles. The van der Waals surface area contributed by atoms with Crippen molar-refractivity contribution in [3.05, 3.63) is 29.8 Å². The van der Waals surface area contributed by atoms with Gasteiger partial charge in [0.2, 0.25) is 0 Å². The van der Waals surface area contributed by atoms with Crippen molar-refractivity contribution in [2.75, 3.05) is 12.5 Å². The van der Waals surface area contributed by atoms with E-state index in [4.69, 9.17) is 16.3 Å².